The largest absolute Gasteiger partial charge is 0.394 e. The second kappa shape index (κ2) is 8.78. The zero-order chi connectivity index (χ0) is 16.7. The molecule has 1 aromatic heterocycles. The van der Waals surface area contributed by atoms with Gasteiger partial charge in [0.05, 0.1) is 6.61 Å². The Morgan fingerprint density at radius 3 is 2.50 bits per heavy atom. The van der Waals surface area contributed by atoms with Gasteiger partial charge in [-0.25, -0.2) is 4.79 Å². The molecular weight excluding hydrogens is 322 g/mol. The number of carbonyl (C=O) groups excluding carboxylic acids is 1. The highest BCUT2D eigenvalue weighted by molar-refractivity contribution is 6.28. The van der Waals surface area contributed by atoms with E-state index in [0.29, 0.717) is 0 Å². The van der Waals surface area contributed by atoms with Crippen LogP contribution >= 0.6 is 11.6 Å². The monoisotopic (exact) mass is 337 g/mol. The van der Waals surface area contributed by atoms with Gasteiger partial charge in [-0.15, -0.1) is 11.6 Å². The number of halogens is 1. The normalized spacial score (nSPS) is 27.0. The molecule has 22 heavy (non-hydrogen) atoms. The Morgan fingerprint density at radius 1 is 1.41 bits per heavy atom. The van der Waals surface area contributed by atoms with E-state index >= 15 is 0 Å². The van der Waals surface area contributed by atoms with Crippen molar-refractivity contribution in [2.45, 2.75) is 24.6 Å². The Balaban J connectivity index is 0.000000224. The zero-order valence-corrected chi connectivity index (χ0v) is 12.0. The van der Waals surface area contributed by atoms with Gasteiger partial charge in [0.25, 0.3) is 0 Å². The third-order valence-corrected chi connectivity index (χ3v) is 2.82. The molecule has 0 aliphatic carbocycles. The van der Waals surface area contributed by atoms with E-state index in [9.17, 15) is 9.59 Å². The molecule has 1 fully saturated rings. The molecular formula is C11H16ClN3O7. The minimum absolute atomic E-state index is 0.158. The van der Waals surface area contributed by atoms with Gasteiger partial charge in [-0.3, -0.25) is 4.79 Å². The Kier molecular flexibility index (Phi) is 7.38. The van der Waals surface area contributed by atoms with Crippen LogP contribution in [0.3, 0.4) is 0 Å². The fourth-order valence-electron chi connectivity index (χ4n) is 1.50. The molecule has 1 aromatic rings. The highest BCUT2D eigenvalue weighted by Gasteiger charge is 2.41. The van der Waals surface area contributed by atoms with Crippen molar-refractivity contribution in [1.82, 2.24) is 9.97 Å². The molecule has 0 spiro atoms. The van der Waals surface area contributed by atoms with Crippen molar-refractivity contribution in [2.24, 2.45) is 0 Å². The second-order valence-corrected chi connectivity index (χ2v) is 4.46. The average Bonchev–Trinajstić information content (AvgIpc) is 2.75. The van der Waals surface area contributed by atoms with Gasteiger partial charge in [0, 0.05) is 6.20 Å². The second-order valence-electron chi connectivity index (χ2n) is 4.19. The number of amides is 1. The van der Waals surface area contributed by atoms with Crippen molar-refractivity contribution in [2.75, 3.05) is 17.8 Å². The molecule has 1 aliphatic heterocycles. The number of rotatable bonds is 3. The first-order valence-corrected chi connectivity index (χ1v) is 6.64. The molecule has 1 saturated heterocycles. The van der Waals surface area contributed by atoms with Crippen LogP contribution in [-0.4, -0.2) is 73.4 Å². The fourth-order valence-corrected chi connectivity index (χ4v) is 1.56. The molecule has 0 aromatic carbocycles. The van der Waals surface area contributed by atoms with Crippen LogP contribution in [0.2, 0.25) is 0 Å². The van der Waals surface area contributed by atoms with Crippen molar-refractivity contribution in [3.8, 4) is 0 Å². The van der Waals surface area contributed by atoms with Gasteiger partial charge in [-0.05, 0) is 6.07 Å². The topological polar surface area (TPSA) is 165 Å². The van der Waals surface area contributed by atoms with Gasteiger partial charge < -0.3 is 35.5 Å². The Labute approximate surface area is 129 Å². The van der Waals surface area contributed by atoms with E-state index in [1.54, 1.807) is 0 Å². The lowest BCUT2D eigenvalue weighted by atomic mass is 10.1. The van der Waals surface area contributed by atoms with Crippen molar-refractivity contribution in [1.29, 1.82) is 0 Å². The number of carbonyl (C=O) groups is 1. The van der Waals surface area contributed by atoms with E-state index < -0.39 is 42.8 Å². The summed E-state index contributed by atoms with van der Waals surface area (Å²) in [5.41, 5.74) is -0.512. The lowest BCUT2D eigenvalue weighted by Crippen LogP contribution is -2.33. The lowest BCUT2D eigenvalue weighted by molar-refractivity contribution is -0.132. The lowest BCUT2D eigenvalue weighted by Gasteiger charge is -2.09. The number of ether oxygens (including phenoxy) is 1. The van der Waals surface area contributed by atoms with Gasteiger partial charge >= 0.3 is 5.69 Å². The van der Waals surface area contributed by atoms with E-state index in [-0.39, 0.29) is 11.7 Å². The van der Waals surface area contributed by atoms with E-state index in [1.165, 1.54) is 12.3 Å². The maximum atomic E-state index is 10.7. The number of alkyl halides is 1. The van der Waals surface area contributed by atoms with Crippen molar-refractivity contribution >= 4 is 23.3 Å². The summed E-state index contributed by atoms with van der Waals surface area (Å²) in [6.07, 6.45) is -3.37. The summed E-state index contributed by atoms with van der Waals surface area (Å²) in [6.45, 7) is -0.407. The highest BCUT2D eigenvalue weighted by Crippen LogP contribution is 2.18. The first-order valence-electron chi connectivity index (χ1n) is 6.11. The number of anilines is 1. The summed E-state index contributed by atoms with van der Waals surface area (Å²) in [6, 6.07) is 1.46. The summed E-state index contributed by atoms with van der Waals surface area (Å²) in [4.78, 5) is 27.1. The predicted molar refractivity (Wildman–Crippen MR) is 74.2 cm³/mol. The number of aliphatic hydroxyl groups excluding tert-OH is 4. The summed E-state index contributed by atoms with van der Waals surface area (Å²) in [5.74, 6) is -0.353. The van der Waals surface area contributed by atoms with Crippen molar-refractivity contribution < 1.29 is 30.0 Å². The smallest absolute Gasteiger partial charge is 0.346 e. The minimum atomic E-state index is -1.38. The molecule has 6 N–H and O–H groups in total. The van der Waals surface area contributed by atoms with Crippen molar-refractivity contribution in [3.05, 3.63) is 22.7 Å². The zero-order valence-electron chi connectivity index (χ0n) is 11.2. The number of hydrogen-bond acceptors (Lipinski definition) is 8. The van der Waals surface area contributed by atoms with Gasteiger partial charge in [0.2, 0.25) is 5.91 Å². The Bertz CT molecular complexity index is 540. The molecule has 4 atom stereocenters. The van der Waals surface area contributed by atoms with Gasteiger partial charge in [0.15, 0.2) is 6.29 Å². The van der Waals surface area contributed by atoms with Crippen LogP contribution in [0.5, 0.6) is 0 Å². The number of nitrogens with zero attached hydrogens (tertiary/aromatic N) is 1. The first kappa shape index (κ1) is 18.5. The third kappa shape index (κ3) is 5.33. The predicted octanol–water partition coefficient (Wildman–Crippen LogP) is -2.64. The number of nitrogens with one attached hydrogen (secondary N) is 2. The molecule has 124 valence electrons. The van der Waals surface area contributed by atoms with Gasteiger partial charge in [0.1, 0.15) is 30.0 Å². The SMILES string of the molecule is O=C(CCl)Nc1cc[nH]c(=O)n1.OC[C@H]1OC(O)[C@@H](O)[C@@H]1O. The maximum Gasteiger partial charge on any atom is 0.346 e. The molecule has 10 nitrogen and oxygen atoms in total. The van der Waals surface area contributed by atoms with Crippen LogP contribution in [0.25, 0.3) is 0 Å². The minimum Gasteiger partial charge on any atom is -0.394 e. The number of aromatic amines is 1. The summed E-state index contributed by atoms with van der Waals surface area (Å²) >= 11 is 5.22. The van der Waals surface area contributed by atoms with Crippen LogP contribution in [0, 0.1) is 0 Å². The van der Waals surface area contributed by atoms with Gasteiger partial charge in [-0.2, -0.15) is 4.98 Å². The number of aliphatic hydroxyl groups is 4. The van der Waals surface area contributed by atoms with Crippen LogP contribution in [0.15, 0.2) is 17.1 Å². The molecule has 2 rings (SSSR count). The summed E-state index contributed by atoms with van der Waals surface area (Å²) in [5, 5.41) is 37.3. The van der Waals surface area contributed by atoms with E-state index in [2.05, 4.69) is 20.0 Å². The standard InChI is InChI=1S/C6H6ClN3O2.C5H10O5/c7-3-5(11)9-4-1-2-8-6(12)10-4;6-1-2-3(7)4(8)5(9)10-2/h1-2H,3H2,(H2,8,9,10,11,12);2-9H,1H2/t;2-,3-,4+,5?/m.1/s1. The van der Waals surface area contributed by atoms with Crippen LogP contribution in [0.1, 0.15) is 0 Å². The average molecular weight is 338 g/mol. The molecule has 0 radical (unpaired) electrons. The van der Waals surface area contributed by atoms with Gasteiger partial charge in [-0.1, -0.05) is 0 Å². The summed E-state index contributed by atoms with van der Waals surface area (Å²) in [7, 11) is 0. The number of H-pyrrole nitrogens is 1. The van der Waals surface area contributed by atoms with E-state index in [1.807, 2.05) is 0 Å². The quantitative estimate of drug-likeness (QED) is 0.326. The van der Waals surface area contributed by atoms with E-state index in [4.69, 9.17) is 32.0 Å². The molecule has 0 saturated carbocycles. The molecule has 1 amide bonds. The maximum absolute atomic E-state index is 10.7. The fraction of sp³-hybridized carbons (Fsp3) is 0.545. The molecule has 11 heteroatoms. The third-order valence-electron chi connectivity index (χ3n) is 2.58. The highest BCUT2D eigenvalue weighted by atomic mass is 35.5. The first-order chi connectivity index (χ1) is 10.4. The Morgan fingerprint density at radius 2 is 2.09 bits per heavy atom. The molecule has 1 aliphatic rings. The molecule has 0 bridgehead atoms. The van der Waals surface area contributed by atoms with Crippen LogP contribution < -0.4 is 11.0 Å². The Hall–Kier alpha value is -1.56. The molecule has 1 unspecified atom stereocenters. The van der Waals surface area contributed by atoms with E-state index in [0.717, 1.165) is 0 Å². The molecule has 2 heterocycles. The van der Waals surface area contributed by atoms with Crippen LogP contribution in [0.4, 0.5) is 5.82 Å². The number of hydrogen-bond donors (Lipinski definition) is 6. The van der Waals surface area contributed by atoms with Crippen molar-refractivity contribution in [3.63, 3.8) is 0 Å². The van der Waals surface area contributed by atoms with Crippen LogP contribution in [-0.2, 0) is 9.53 Å². The number of aromatic nitrogens is 2. The summed E-state index contributed by atoms with van der Waals surface area (Å²) < 4.78 is 4.54.